The maximum absolute atomic E-state index is 12.5. The summed E-state index contributed by atoms with van der Waals surface area (Å²) in [5, 5.41) is 9.35. The molecule has 148 valence electrons. The van der Waals surface area contributed by atoms with Crippen molar-refractivity contribution in [3.05, 3.63) is 87.0 Å². The minimum absolute atomic E-state index is 0.0282. The Bertz CT molecular complexity index is 1100. The summed E-state index contributed by atoms with van der Waals surface area (Å²) in [6, 6.07) is 13.3. The summed E-state index contributed by atoms with van der Waals surface area (Å²) in [6.45, 7) is 2.73. The van der Waals surface area contributed by atoms with Crippen molar-refractivity contribution in [1.82, 2.24) is 9.55 Å². The average Bonchev–Trinajstić information content (AvgIpc) is 2.76. The summed E-state index contributed by atoms with van der Waals surface area (Å²) in [7, 11) is 0. The van der Waals surface area contributed by atoms with E-state index >= 15 is 0 Å². The van der Waals surface area contributed by atoms with E-state index in [1.165, 1.54) is 12.1 Å². The highest BCUT2D eigenvalue weighted by Gasteiger charge is 2.17. The number of nitrogens with zero attached hydrogens (tertiary/aromatic N) is 2. The SMILES string of the molecule is Cc1c(OCc2ccc(C(=O)c3ccc(O)cc3)cc2)nc2n(c1=O)CCCC2. The van der Waals surface area contributed by atoms with Crippen molar-refractivity contribution >= 4 is 5.78 Å². The minimum Gasteiger partial charge on any atom is -0.508 e. The molecule has 6 nitrogen and oxygen atoms in total. The number of phenols is 1. The lowest BCUT2D eigenvalue weighted by atomic mass is 10.0. The lowest BCUT2D eigenvalue weighted by molar-refractivity contribution is 0.103. The van der Waals surface area contributed by atoms with E-state index < -0.39 is 0 Å². The normalized spacial score (nSPS) is 13.0. The second kappa shape index (κ2) is 7.91. The molecular weight excluding hydrogens is 368 g/mol. The average molecular weight is 390 g/mol. The van der Waals surface area contributed by atoms with Gasteiger partial charge in [0.05, 0.1) is 5.56 Å². The molecular formula is C23H22N2O4. The number of carbonyl (C=O) groups excluding carboxylic acids is 1. The van der Waals surface area contributed by atoms with Crippen LogP contribution in [0.2, 0.25) is 0 Å². The topological polar surface area (TPSA) is 81.4 Å². The van der Waals surface area contributed by atoms with Crippen LogP contribution in [0.15, 0.2) is 53.3 Å². The summed E-state index contributed by atoms with van der Waals surface area (Å²) >= 11 is 0. The molecule has 0 fully saturated rings. The predicted octanol–water partition coefficient (Wildman–Crippen LogP) is 3.40. The molecule has 4 rings (SSSR count). The maximum atomic E-state index is 12.5. The molecule has 1 aliphatic heterocycles. The molecule has 1 aliphatic rings. The summed E-state index contributed by atoms with van der Waals surface area (Å²) < 4.78 is 7.58. The van der Waals surface area contributed by atoms with E-state index in [0.29, 0.717) is 22.6 Å². The molecule has 0 radical (unpaired) electrons. The van der Waals surface area contributed by atoms with Crippen LogP contribution < -0.4 is 10.3 Å². The number of benzene rings is 2. The summed E-state index contributed by atoms with van der Waals surface area (Å²) in [5.41, 5.74) is 2.45. The third kappa shape index (κ3) is 3.92. The van der Waals surface area contributed by atoms with Crippen molar-refractivity contribution < 1.29 is 14.6 Å². The van der Waals surface area contributed by atoms with Crippen LogP contribution in [0.5, 0.6) is 11.6 Å². The van der Waals surface area contributed by atoms with E-state index in [4.69, 9.17) is 4.74 Å². The fraction of sp³-hybridized carbons (Fsp3) is 0.261. The molecule has 0 bridgehead atoms. The highest BCUT2D eigenvalue weighted by molar-refractivity contribution is 6.09. The van der Waals surface area contributed by atoms with E-state index in [0.717, 1.165) is 37.2 Å². The van der Waals surface area contributed by atoms with Gasteiger partial charge in [-0.1, -0.05) is 24.3 Å². The number of phenolic OH excluding ortho intramolecular Hbond substituents is 1. The number of hydrogen-bond acceptors (Lipinski definition) is 5. The second-order valence-electron chi connectivity index (χ2n) is 7.23. The Labute approximate surface area is 168 Å². The summed E-state index contributed by atoms with van der Waals surface area (Å²) in [4.78, 5) is 29.6. The van der Waals surface area contributed by atoms with Gasteiger partial charge in [0.15, 0.2) is 5.78 Å². The first kappa shape index (κ1) is 18.9. The van der Waals surface area contributed by atoms with Gasteiger partial charge in [0.1, 0.15) is 18.2 Å². The van der Waals surface area contributed by atoms with Gasteiger partial charge in [0.25, 0.3) is 5.56 Å². The predicted molar refractivity (Wildman–Crippen MR) is 108 cm³/mol. The Morgan fingerprint density at radius 3 is 2.41 bits per heavy atom. The zero-order chi connectivity index (χ0) is 20.4. The van der Waals surface area contributed by atoms with E-state index in [9.17, 15) is 14.7 Å². The first-order chi connectivity index (χ1) is 14.0. The number of hydrogen-bond donors (Lipinski definition) is 1. The van der Waals surface area contributed by atoms with Crippen LogP contribution in [0, 0.1) is 6.92 Å². The molecule has 2 heterocycles. The van der Waals surface area contributed by atoms with E-state index in [2.05, 4.69) is 4.98 Å². The minimum atomic E-state index is -0.113. The van der Waals surface area contributed by atoms with Crippen LogP contribution in [-0.4, -0.2) is 20.4 Å². The Kier molecular flexibility index (Phi) is 5.16. The molecule has 0 amide bonds. The van der Waals surface area contributed by atoms with Crippen molar-refractivity contribution in [2.45, 2.75) is 39.3 Å². The monoisotopic (exact) mass is 390 g/mol. The highest BCUT2D eigenvalue weighted by atomic mass is 16.5. The van der Waals surface area contributed by atoms with Gasteiger partial charge >= 0.3 is 0 Å². The van der Waals surface area contributed by atoms with Crippen LogP contribution in [0.1, 0.15) is 45.7 Å². The number of ether oxygens (including phenoxy) is 1. The van der Waals surface area contributed by atoms with Gasteiger partial charge in [-0.3, -0.25) is 14.2 Å². The molecule has 3 aromatic rings. The molecule has 1 aromatic heterocycles. The highest BCUT2D eigenvalue weighted by Crippen LogP contribution is 2.19. The molecule has 0 saturated heterocycles. The number of aromatic hydroxyl groups is 1. The zero-order valence-corrected chi connectivity index (χ0v) is 16.2. The van der Waals surface area contributed by atoms with Crippen LogP contribution in [0.4, 0.5) is 0 Å². The lowest BCUT2D eigenvalue weighted by Gasteiger charge is -2.19. The van der Waals surface area contributed by atoms with Gasteiger partial charge in [0, 0.05) is 24.1 Å². The van der Waals surface area contributed by atoms with Crippen LogP contribution in [0.25, 0.3) is 0 Å². The molecule has 0 unspecified atom stereocenters. The van der Waals surface area contributed by atoms with Gasteiger partial charge in [-0.05, 0) is 49.6 Å². The van der Waals surface area contributed by atoms with Crippen molar-refractivity contribution in [2.24, 2.45) is 0 Å². The first-order valence-corrected chi connectivity index (χ1v) is 9.69. The van der Waals surface area contributed by atoms with Crippen LogP contribution in [0.3, 0.4) is 0 Å². The fourth-order valence-corrected chi connectivity index (χ4v) is 3.47. The fourth-order valence-electron chi connectivity index (χ4n) is 3.47. The largest absolute Gasteiger partial charge is 0.508 e. The quantitative estimate of drug-likeness (QED) is 0.675. The first-order valence-electron chi connectivity index (χ1n) is 9.69. The standard InChI is InChI=1S/C23H22N2O4/c1-15-22(24-20-4-2-3-13-25(20)23(15)28)29-14-16-5-7-17(8-6-16)21(27)18-9-11-19(26)12-10-18/h5-12,26H,2-4,13-14H2,1H3. The summed E-state index contributed by atoms with van der Waals surface area (Å²) in [6.07, 6.45) is 2.83. The maximum Gasteiger partial charge on any atom is 0.260 e. The lowest BCUT2D eigenvalue weighted by Crippen LogP contribution is -2.30. The number of carbonyl (C=O) groups is 1. The van der Waals surface area contributed by atoms with Crippen molar-refractivity contribution in [2.75, 3.05) is 0 Å². The number of fused-ring (bicyclic) bond motifs is 1. The molecule has 1 N–H and O–H groups in total. The Morgan fingerprint density at radius 1 is 1.07 bits per heavy atom. The van der Waals surface area contributed by atoms with E-state index in [1.807, 2.05) is 12.1 Å². The van der Waals surface area contributed by atoms with Crippen molar-refractivity contribution in [3.8, 4) is 11.6 Å². The number of ketones is 1. The van der Waals surface area contributed by atoms with E-state index in [-0.39, 0.29) is 23.7 Å². The summed E-state index contributed by atoms with van der Waals surface area (Å²) in [5.74, 6) is 1.18. The third-order valence-electron chi connectivity index (χ3n) is 5.18. The van der Waals surface area contributed by atoms with Crippen molar-refractivity contribution in [3.63, 3.8) is 0 Å². The van der Waals surface area contributed by atoms with Crippen LogP contribution >= 0.6 is 0 Å². The molecule has 0 spiro atoms. The van der Waals surface area contributed by atoms with Gasteiger partial charge < -0.3 is 9.84 Å². The third-order valence-corrected chi connectivity index (χ3v) is 5.18. The zero-order valence-electron chi connectivity index (χ0n) is 16.2. The van der Waals surface area contributed by atoms with Gasteiger partial charge in [0.2, 0.25) is 5.88 Å². The number of rotatable bonds is 5. The molecule has 6 heteroatoms. The molecule has 2 aromatic carbocycles. The smallest absolute Gasteiger partial charge is 0.260 e. The Morgan fingerprint density at radius 2 is 1.72 bits per heavy atom. The molecule has 0 saturated carbocycles. The molecule has 0 aliphatic carbocycles. The second-order valence-corrected chi connectivity index (χ2v) is 7.23. The van der Waals surface area contributed by atoms with Gasteiger partial charge in [-0.2, -0.15) is 4.98 Å². The Balaban J connectivity index is 1.47. The van der Waals surface area contributed by atoms with Crippen LogP contribution in [-0.2, 0) is 19.6 Å². The molecule has 0 atom stereocenters. The van der Waals surface area contributed by atoms with E-state index in [1.54, 1.807) is 35.8 Å². The van der Waals surface area contributed by atoms with Crippen molar-refractivity contribution in [1.29, 1.82) is 0 Å². The molecule has 29 heavy (non-hydrogen) atoms. The number of aryl methyl sites for hydroxylation is 1. The Hall–Kier alpha value is -3.41. The van der Waals surface area contributed by atoms with Gasteiger partial charge in [-0.25, -0.2) is 0 Å². The number of aromatic nitrogens is 2. The van der Waals surface area contributed by atoms with Gasteiger partial charge in [-0.15, -0.1) is 0 Å².